The normalized spacial score (nSPS) is 17.7. The van der Waals surface area contributed by atoms with E-state index in [0.29, 0.717) is 16.7 Å². The highest BCUT2D eigenvalue weighted by Crippen LogP contribution is 2.32. The van der Waals surface area contributed by atoms with E-state index in [9.17, 15) is 37.5 Å². The van der Waals surface area contributed by atoms with E-state index >= 15 is 0 Å². The summed E-state index contributed by atoms with van der Waals surface area (Å²) in [5.74, 6) is -1.56. The Morgan fingerprint density at radius 2 is 1.83 bits per heavy atom. The lowest BCUT2D eigenvalue weighted by atomic mass is 10.0. The highest BCUT2D eigenvalue weighted by Gasteiger charge is 2.39. The van der Waals surface area contributed by atoms with E-state index < -0.39 is 29.7 Å². The van der Waals surface area contributed by atoms with Crippen molar-refractivity contribution in [1.82, 2.24) is 20.9 Å². The molecule has 2 aliphatic heterocycles. The number of benzene rings is 2. The molecule has 0 aromatic heterocycles. The maximum Gasteiger partial charge on any atom is 0.416 e. The van der Waals surface area contributed by atoms with E-state index in [1.54, 1.807) is 18.2 Å². The van der Waals surface area contributed by atoms with Gasteiger partial charge in [0.05, 0.1) is 5.56 Å². The lowest BCUT2D eigenvalue weighted by Crippen LogP contribution is -2.52. The largest absolute Gasteiger partial charge is 0.508 e. The zero-order valence-corrected chi connectivity index (χ0v) is 18.2. The van der Waals surface area contributed by atoms with Crippen LogP contribution in [0.25, 0.3) is 0 Å². The van der Waals surface area contributed by atoms with Crippen LogP contribution in [0.15, 0.2) is 36.4 Å². The Kier molecular flexibility index (Phi) is 6.37. The summed E-state index contributed by atoms with van der Waals surface area (Å²) in [4.78, 5) is 49.8. The third-order valence-corrected chi connectivity index (χ3v) is 5.89. The number of nitrogens with one attached hydrogen (secondary N) is 3. The predicted molar refractivity (Wildman–Crippen MR) is 115 cm³/mol. The number of imide groups is 1. The van der Waals surface area contributed by atoms with Gasteiger partial charge in [0.1, 0.15) is 11.8 Å². The fraction of sp³-hybridized carbons (Fsp3) is 0.304. The molecule has 2 heterocycles. The molecule has 1 atom stereocenters. The topological polar surface area (TPSA) is 128 Å². The Hall–Kier alpha value is -4.09. The summed E-state index contributed by atoms with van der Waals surface area (Å²) in [5, 5.41) is 17.0. The average molecular weight is 490 g/mol. The Bertz CT molecular complexity index is 1210. The first-order valence-corrected chi connectivity index (χ1v) is 10.7. The molecule has 5 amide bonds. The number of carbonyl (C=O) groups is 4. The molecule has 2 aromatic carbocycles. The van der Waals surface area contributed by atoms with Crippen molar-refractivity contribution in [3.05, 3.63) is 64.2 Å². The number of hydrogen-bond acceptors (Lipinski definition) is 5. The van der Waals surface area contributed by atoms with Gasteiger partial charge in [-0.05, 0) is 41.8 Å². The van der Waals surface area contributed by atoms with Crippen LogP contribution in [0.3, 0.4) is 0 Å². The number of halogens is 3. The molecule has 4 N–H and O–H groups in total. The maximum absolute atomic E-state index is 12.9. The van der Waals surface area contributed by atoms with E-state index in [-0.39, 0.29) is 55.6 Å². The van der Waals surface area contributed by atoms with E-state index in [1.807, 2.05) is 0 Å². The van der Waals surface area contributed by atoms with Crippen molar-refractivity contribution < 1.29 is 37.5 Å². The molecule has 0 bridgehead atoms. The van der Waals surface area contributed by atoms with Crippen molar-refractivity contribution in [3.63, 3.8) is 0 Å². The molecule has 2 aromatic rings. The Labute approximate surface area is 197 Å². The molecule has 4 rings (SSSR count). The second-order valence-electron chi connectivity index (χ2n) is 8.27. The summed E-state index contributed by atoms with van der Waals surface area (Å²) in [6.45, 7) is -0.0587. The minimum atomic E-state index is -4.58. The molecule has 0 spiro atoms. The van der Waals surface area contributed by atoms with Gasteiger partial charge >= 0.3 is 12.2 Å². The van der Waals surface area contributed by atoms with Crippen molar-refractivity contribution in [2.24, 2.45) is 0 Å². The summed E-state index contributed by atoms with van der Waals surface area (Å²) in [5.41, 5.74) is 0.751. The number of alkyl halides is 3. The first-order valence-electron chi connectivity index (χ1n) is 10.7. The minimum Gasteiger partial charge on any atom is -0.508 e. The number of aromatic hydroxyl groups is 1. The van der Waals surface area contributed by atoms with Crippen LogP contribution in [0.5, 0.6) is 5.75 Å². The van der Waals surface area contributed by atoms with Crippen molar-refractivity contribution >= 4 is 23.8 Å². The molecule has 12 heteroatoms. The molecule has 0 saturated carbocycles. The second kappa shape index (κ2) is 9.28. The molecule has 1 saturated heterocycles. The number of phenols is 1. The lowest BCUT2D eigenvalue weighted by molar-refractivity contribution is -0.138. The fourth-order valence-electron chi connectivity index (χ4n) is 4.06. The average Bonchev–Trinajstić information content (AvgIpc) is 3.12. The molecule has 1 fully saturated rings. The second-order valence-corrected chi connectivity index (χ2v) is 8.27. The number of phenolic OH excluding ortho intramolecular Hbond substituents is 1. The minimum absolute atomic E-state index is 0.0697. The summed E-state index contributed by atoms with van der Waals surface area (Å²) < 4.78 is 38.6. The summed E-state index contributed by atoms with van der Waals surface area (Å²) in [6.07, 6.45) is -4.17. The number of hydrogen-bond donors (Lipinski definition) is 4. The van der Waals surface area contributed by atoms with E-state index in [4.69, 9.17) is 0 Å². The molecule has 35 heavy (non-hydrogen) atoms. The van der Waals surface area contributed by atoms with Crippen LogP contribution in [0.1, 0.15) is 45.5 Å². The molecule has 0 radical (unpaired) electrons. The summed E-state index contributed by atoms with van der Waals surface area (Å²) in [7, 11) is 0. The molecule has 9 nitrogen and oxygen atoms in total. The third-order valence-electron chi connectivity index (χ3n) is 5.89. The zero-order valence-electron chi connectivity index (χ0n) is 18.2. The lowest BCUT2D eigenvalue weighted by Gasteiger charge is -2.29. The van der Waals surface area contributed by atoms with Gasteiger partial charge in [0.15, 0.2) is 0 Å². The number of amides is 5. The van der Waals surface area contributed by atoms with Crippen LogP contribution in [-0.2, 0) is 35.4 Å². The van der Waals surface area contributed by atoms with Crippen molar-refractivity contribution in [2.75, 3.05) is 0 Å². The van der Waals surface area contributed by atoms with E-state index in [2.05, 4.69) is 16.0 Å². The van der Waals surface area contributed by atoms with Crippen LogP contribution in [-0.4, -0.2) is 39.8 Å². The fourth-order valence-corrected chi connectivity index (χ4v) is 4.06. The van der Waals surface area contributed by atoms with E-state index in [0.717, 1.165) is 18.2 Å². The Morgan fingerprint density at radius 3 is 2.54 bits per heavy atom. The summed E-state index contributed by atoms with van der Waals surface area (Å²) in [6, 6.07) is 6.00. The van der Waals surface area contributed by atoms with Crippen LogP contribution < -0.4 is 16.0 Å². The molecule has 1 unspecified atom stereocenters. The van der Waals surface area contributed by atoms with Crippen LogP contribution in [0.2, 0.25) is 0 Å². The number of piperidine rings is 1. The smallest absolute Gasteiger partial charge is 0.416 e. The Morgan fingerprint density at radius 1 is 1.09 bits per heavy atom. The van der Waals surface area contributed by atoms with Gasteiger partial charge in [-0.25, -0.2) is 4.79 Å². The van der Waals surface area contributed by atoms with Crippen molar-refractivity contribution in [3.8, 4) is 5.75 Å². The first-order chi connectivity index (χ1) is 16.5. The SMILES string of the molecule is O=C1CCC(N2Cc3cc(CNC(=O)NCc4cc(C(F)(F)F)ccc4O)ccc3C2=O)C(=O)N1. The van der Waals surface area contributed by atoms with Gasteiger partial charge in [-0.15, -0.1) is 0 Å². The van der Waals surface area contributed by atoms with Crippen LogP contribution in [0, 0.1) is 0 Å². The Balaban J connectivity index is 1.33. The van der Waals surface area contributed by atoms with Gasteiger partial charge in [-0.3, -0.25) is 19.7 Å². The van der Waals surface area contributed by atoms with Crippen molar-refractivity contribution in [1.29, 1.82) is 0 Å². The van der Waals surface area contributed by atoms with Crippen molar-refractivity contribution in [2.45, 2.75) is 44.7 Å². The maximum atomic E-state index is 12.9. The predicted octanol–water partition coefficient (Wildman–Crippen LogP) is 2.17. The highest BCUT2D eigenvalue weighted by molar-refractivity contribution is 6.05. The van der Waals surface area contributed by atoms with Crippen LogP contribution >= 0.6 is 0 Å². The quantitative estimate of drug-likeness (QED) is 0.478. The standard InChI is InChI=1S/C23H21F3N4O5/c24-23(25,26)15-2-5-18(31)13(8-15)10-28-22(35)27-9-12-1-3-16-14(7-12)11-30(21(16)34)17-4-6-19(32)29-20(17)33/h1-3,5,7-8,17,31H,4,6,9-11H2,(H2,27,28,35)(H,29,32,33). The van der Waals surface area contributed by atoms with Gasteiger partial charge in [0, 0.05) is 37.2 Å². The monoisotopic (exact) mass is 490 g/mol. The molecule has 2 aliphatic rings. The van der Waals surface area contributed by atoms with E-state index in [1.165, 1.54) is 4.90 Å². The third kappa shape index (κ3) is 5.20. The number of rotatable bonds is 5. The first kappa shape index (κ1) is 24.0. The number of urea groups is 1. The van der Waals surface area contributed by atoms with Crippen LogP contribution in [0.4, 0.5) is 18.0 Å². The summed E-state index contributed by atoms with van der Waals surface area (Å²) >= 11 is 0. The molecular formula is C23H21F3N4O5. The van der Waals surface area contributed by atoms with Gasteiger partial charge in [-0.1, -0.05) is 12.1 Å². The van der Waals surface area contributed by atoms with Gasteiger partial charge in [0.25, 0.3) is 5.91 Å². The number of nitrogens with zero attached hydrogens (tertiary/aromatic N) is 1. The molecular weight excluding hydrogens is 469 g/mol. The number of carbonyl (C=O) groups excluding carboxylic acids is 4. The molecule has 184 valence electrons. The highest BCUT2D eigenvalue weighted by atomic mass is 19.4. The number of fused-ring (bicyclic) bond motifs is 1. The van der Waals surface area contributed by atoms with Gasteiger partial charge in [-0.2, -0.15) is 13.2 Å². The van der Waals surface area contributed by atoms with Gasteiger partial charge in [0.2, 0.25) is 11.8 Å². The molecule has 0 aliphatic carbocycles. The zero-order chi connectivity index (χ0) is 25.3. The van der Waals surface area contributed by atoms with Gasteiger partial charge < -0.3 is 20.6 Å².